The molecule has 6 heavy (non-hydrogen) atoms. The lowest BCUT2D eigenvalue weighted by molar-refractivity contribution is 0.871. The third kappa shape index (κ3) is 4.27. The normalized spacial score (nSPS) is 9.00. The molecule has 0 saturated heterocycles. The molecule has 0 aromatic heterocycles. The standard InChI is InChI=1S/C3H10N2S/c1-2-6-3-5-4/h5H,2-4H2,1H3. The molecular weight excluding hydrogens is 96.1 g/mol. The van der Waals surface area contributed by atoms with Gasteiger partial charge in [0.2, 0.25) is 0 Å². The van der Waals surface area contributed by atoms with Gasteiger partial charge in [-0.05, 0) is 5.75 Å². The lowest BCUT2D eigenvalue weighted by Gasteiger charge is -1.90. The van der Waals surface area contributed by atoms with E-state index in [1.54, 1.807) is 11.8 Å². The van der Waals surface area contributed by atoms with E-state index in [4.69, 9.17) is 5.84 Å². The van der Waals surface area contributed by atoms with Crippen molar-refractivity contribution in [2.24, 2.45) is 5.84 Å². The Hall–Kier alpha value is 0.270. The average Bonchev–Trinajstić information content (AvgIpc) is 1.61. The summed E-state index contributed by atoms with van der Waals surface area (Å²) in [5.74, 6) is 6.93. The van der Waals surface area contributed by atoms with Crippen molar-refractivity contribution in [2.75, 3.05) is 11.6 Å². The topological polar surface area (TPSA) is 38.0 Å². The minimum atomic E-state index is 0.858. The van der Waals surface area contributed by atoms with Crippen molar-refractivity contribution in [2.45, 2.75) is 6.92 Å². The van der Waals surface area contributed by atoms with Crippen LogP contribution in [0.15, 0.2) is 0 Å². The highest BCUT2D eigenvalue weighted by atomic mass is 32.2. The summed E-state index contributed by atoms with van der Waals surface area (Å²) >= 11 is 1.77. The Labute approximate surface area is 42.5 Å². The molecule has 0 atom stereocenters. The van der Waals surface area contributed by atoms with Crippen molar-refractivity contribution in [3.63, 3.8) is 0 Å². The van der Waals surface area contributed by atoms with E-state index in [-0.39, 0.29) is 0 Å². The second-order valence-electron chi connectivity index (χ2n) is 0.841. The van der Waals surface area contributed by atoms with Crippen LogP contribution in [0.4, 0.5) is 0 Å². The third-order valence-corrected chi connectivity index (χ3v) is 1.17. The van der Waals surface area contributed by atoms with Gasteiger partial charge in [-0.25, -0.2) is 0 Å². The Balaban J connectivity index is 2.34. The van der Waals surface area contributed by atoms with Gasteiger partial charge in [-0.3, -0.25) is 11.3 Å². The van der Waals surface area contributed by atoms with Crippen molar-refractivity contribution in [1.29, 1.82) is 0 Å². The zero-order chi connectivity index (χ0) is 4.83. The Kier molecular flexibility index (Phi) is 5.51. The first-order valence-corrected chi connectivity index (χ1v) is 3.08. The molecule has 0 aromatic carbocycles. The predicted octanol–water partition coefficient (Wildman–Crippen LogP) is 0.160. The molecule has 0 rings (SSSR count). The smallest absolute Gasteiger partial charge is 0.0554 e. The molecule has 0 heterocycles. The summed E-state index contributed by atoms with van der Waals surface area (Å²) in [4.78, 5) is 0. The van der Waals surface area contributed by atoms with E-state index >= 15 is 0 Å². The Morgan fingerprint density at radius 1 is 1.83 bits per heavy atom. The number of hydrazine groups is 1. The first-order valence-electron chi connectivity index (χ1n) is 1.93. The predicted molar refractivity (Wildman–Crippen MR) is 30.3 cm³/mol. The van der Waals surface area contributed by atoms with Crippen LogP contribution < -0.4 is 11.3 Å². The number of rotatable bonds is 3. The largest absolute Gasteiger partial charge is 0.271 e. The van der Waals surface area contributed by atoms with Crippen LogP contribution in [0.2, 0.25) is 0 Å². The summed E-state index contributed by atoms with van der Waals surface area (Å²) in [6.45, 7) is 2.10. The van der Waals surface area contributed by atoms with Crippen molar-refractivity contribution in [3.8, 4) is 0 Å². The molecule has 0 aromatic rings. The van der Waals surface area contributed by atoms with E-state index in [0.717, 1.165) is 11.6 Å². The Bertz CT molecular complexity index is 20.8. The fourth-order valence-corrected chi connectivity index (χ4v) is 0.483. The highest BCUT2D eigenvalue weighted by molar-refractivity contribution is 7.99. The van der Waals surface area contributed by atoms with Crippen LogP contribution in [0.1, 0.15) is 6.92 Å². The Morgan fingerprint density at radius 2 is 2.50 bits per heavy atom. The maximum Gasteiger partial charge on any atom is 0.0554 e. The van der Waals surface area contributed by atoms with Crippen LogP contribution in [0.5, 0.6) is 0 Å². The molecule has 3 N–H and O–H groups in total. The van der Waals surface area contributed by atoms with Gasteiger partial charge in [0.25, 0.3) is 0 Å². The van der Waals surface area contributed by atoms with Gasteiger partial charge in [0.15, 0.2) is 0 Å². The summed E-state index contributed by atoms with van der Waals surface area (Å²) in [7, 11) is 0. The van der Waals surface area contributed by atoms with E-state index in [0.29, 0.717) is 0 Å². The maximum atomic E-state index is 4.94. The second kappa shape index (κ2) is 5.27. The van der Waals surface area contributed by atoms with Gasteiger partial charge in [-0.2, -0.15) is 0 Å². The van der Waals surface area contributed by atoms with Gasteiger partial charge < -0.3 is 0 Å². The third-order valence-electron chi connectivity index (χ3n) is 0.390. The van der Waals surface area contributed by atoms with Gasteiger partial charge in [0.1, 0.15) is 0 Å². The number of hydrogen-bond donors (Lipinski definition) is 2. The number of hydrogen-bond acceptors (Lipinski definition) is 3. The summed E-state index contributed by atoms with van der Waals surface area (Å²) in [5.41, 5.74) is 2.53. The van der Waals surface area contributed by atoms with Crippen LogP contribution in [-0.4, -0.2) is 11.6 Å². The molecule has 38 valence electrons. The highest BCUT2D eigenvalue weighted by Gasteiger charge is 1.73. The zero-order valence-corrected chi connectivity index (χ0v) is 4.72. The average molecular weight is 106 g/mol. The highest BCUT2D eigenvalue weighted by Crippen LogP contribution is 1.90. The van der Waals surface area contributed by atoms with Crippen molar-refractivity contribution < 1.29 is 0 Å². The van der Waals surface area contributed by atoms with Crippen molar-refractivity contribution >= 4 is 11.8 Å². The van der Waals surface area contributed by atoms with Crippen LogP contribution in [-0.2, 0) is 0 Å². The van der Waals surface area contributed by atoms with Crippen molar-refractivity contribution in [3.05, 3.63) is 0 Å². The molecule has 3 heteroatoms. The molecular formula is C3H10N2S. The summed E-state index contributed by atoms with van der Waals surface area (Å²) in [5, 5.41) is 0. The van der Waals surface area contributed by atoms with Gasteiger partial charge in [0, 0.05) is 0 Å². The van der Waals surface area contributed by atoms with E-state index in [2.05, 4.69) is 12.3 Å². The quantitative estimate of drug-likeness (QED) is 0.233. The fourth-order valence-electron chi connectivity index (χ4n) is 0.161. The molecule has 0 radical (unpaired) electrons. The zero-order valence-electron chi connectivity index (χ0n) is 3.90. The van der Waals surface area contributed by atoms with E-state index in [1.807, 2.05) is 0 Å². The lowest BCUT2D eigenvalue weighted by Crippen LogP contribution is -2.20. The molecule has 0 aliphatic rings. The van der Waals surface area contributed by atoms with E-state index in [1.165, 1.54) is 0 Å². The SMILES string of the molecule is CCSCNN. The maximum absolute atomic E-state index is 4.94. The molecule has 2 nitrogen and oxygen atoms in total. The van der Waals surface area contributed by atoms with Crippen LogP contribution in [0, 0.1) is 0 Å². The van der Waals surface area contributed by atoms with Crippen molar-refractivity contribution in [1.82, 2.24) is 5.43 Å². The van der Waals surface area contributed by atoms with Crippen LogP contribution in [0.3, 0.4) is 0 Å². The minimum Gasteiger partial charge on any atom is -0.271 e. The van der Waals surface area contributed by atoms with Gasteiger partial charge in [0.05, 0.1) is 5.88 Å². The van der Waals surface area contributed by atoms with Gasteiger partial charge in [-0.1, -0.05) is 6.92 Å². The van der Waals surface area contributed by atoms with Gasteiger partial charge >= 0.3 is 0 Å². The first-order chi connectivity index (χ1) is 2.91. The summed E-state index contributed by atoms with van der Waals surface area (Å²) in [6.07, 6.45) is 0. The fraction of sp³-hybridized carbons (Fsp3) is 1.00. The number of thioether (sulfide) groups is 1. The molecule has 0 aliphatic carbocycles. The summed E-state index contributed by atoms with van der Waals surface area (Å²) < 4.78 is 0. The van der Waals surface area contributed by atoms with Gasteiger partial charge in [-0.15, -0.1) is 11.8 Å². The number of nitrogens with two attached hydrogens (primary N) is 1. The minimum absolute atomic E-state index is 0.858. The van der Waals surface area contributed by atoms with Crippen LogP contribution >= 0.6 is 11.8 Å². The van der Waals surface area contributed by atoms with Crippen LogP contribution in [0.25, 0.3) is 0 Å². The van der Waals surface area contributed by atoms with E-state index < -0.39 is 0 Å². The molecule has 0 unspecified atom stereocenters. The lowest BCUT2D eigenvalue weighted by atomic mass is 11.0. The molecule has 0 fully saturated rings. The molecule has 0 saturated carbocycles. The summed E-state index contributed by atoms with van der Waals surface area (Å²) in [6, 6.07) is 0. The molecule has 0 amide bonds. The number of nitrogens with one attached hydrogen (secondary N) is 1. The molecule has 0 aliphatic heterocycles. The monoisotopic (exact) mass is 106 g/mol. The Morgan fingerprint density at radius 3 is 2.67 bits per heavy atom. The first kappa shape index (κ1) is 6.27. The molecule has 0 spiro atoms. The molecule has 0 bridgehead atoms. The second-order valence-corrected chi connectivity index (χ2v) is 2.12. The van der Waals surface area contributed by atoms with E-state index in [9.17, 15) is 0 Å².